The second-order valence-corrected chi connectivity index (χ2v) is 4.24. The molecule has 1 rings (SSSR count). The maximum atomic E-state index is 11.2. The number of nitrogens with zero attached hydrogens (tertiary/aromatic N) is 2. The number of hydrogen-bond donors (Lipinski definition) is 2. The van der Waals surface area contributed by atoms with Crippen molar-refractivity contribution in [2.75, 3.05) is 13.1 Å². The minimum Gasteiger partial charge on any atom is -0.432 e. The van der Waals surface area contributed by atoms with Crippen LogP contribution in [0.25, 0.3) is 0 Å². The van der Waals surface area contributed by atoms with E-state index in [-0.39, 0.29) is 11.7 Å². The molecule has 0 aliphatic carbocycles. The number of hydrogen-bond acceptors (Lipinski definition) is 5. The first-order chi connectivity index (χ1) is 7.82. The number of thiocarbonyl (C=S) groups is 1. The van der Waals surface area contributed by atoms with Crippen LogP contribution in [0.3, 0.4) is 0 Å². The van der Waals surface area contributed by atoms with Crippen LogP contribution in [0.5, 0.6) is 0 Å². The highest BCUT2D eigenvalue weighted by atomic mass is 32.1. The number of carbonyl (C=O) groups excluding carboxylic acids is 1. The van der Waals surface area contributed by atoms with Gasteiger partial charge in [0.25, 0.3) is 0 Å². The summed E-state index contributed by atoms with van der Waals surface area (Å²) in [7, 11) is 3.37. The molecule has 17 heavy (non-hydrogen) atoms. The normalized spacial score (nSPS) is 20.5. The minimum absolute atomic E-state index is 0.165. The summed E-state index contributed by atoms with van der Waals surface area (Å²) in [5.41, 5.74) is 0. The van der Waals surface area contributed by atoms with E-state index in [0.717, 1.165) is 4.90 Å². The molecule has 1 heterocycles. The number of amides is 1. The third-order valence-corrected chi connectivity index (χ3v) is 2.82. The van der Waals surface area contributed by atoms with Crippen LogP contribution in [-0.4, -0.2) is 71.9 Å². The molecule has 1 aliphatic heterocycles. The molecule has 90 valence electrons. The number of carbonyl (C=O) groups is 1. The third-order valence-electron chi connectivity index (χ3n) is 2.37. The van der Waals surface area contributed by atoms with E-state index >= 15 is 0 Å². The molecule has 0 aromatic rings. The average Bonchev–Trinajstić information content (AvgIpc) is 2.18. The maximum absolute atomic E-state index is 11.2. The molecule has 0 spiro atoms. The highest BCUT2D eigenvalue weighted by Crippen LogP contribution is 2.14. The van der Waals surface area contributed by atoms with Gasteiger partial charge in [0, 0.05) is 6.54 Å². The quantitative estimate of drug-likeness (QED) is 0.485. The van der Waals surface area contributed by atoms with Gasteiger partial charge in [0.2, 0.25) is 7.85 Å². The monoisotopic (exact) mass is 254 g/mol. The molecule has 2 N–H and O–H groups in total. The van der Waals surface area contributed by atoms with Crippen molar-refractivity contribution in [1.82, 2.24) is 9.71 Å². The second kappa shape index (κ2) is 5.86. The first kappa shape index (κ1) is 14.5. The summed E-state index contributed by atoms with van der Waals surface area (Å²) in [6.07, 6.45) is -0.455. The van der Waals surface area contributed by atoms with E-state index < -0.39 is 26.1 Å². The Kier molecular flexibility index (Phi) is 4.99. The van der Waals surface area contributed by atoms with Crippen molar-refractivity contribution in [2.45, 2.75) is 19.8 Å². The van der Waals surface area contributed by atoms with Gasteiger partial charge in [-0.2, -0.15) is 0 Å². The maximum Gasteiger partial charge on any atom is 0.451 e. The highest BCUT2D eigenvalue weighted by Gasteiger charge is 2.35. The van der Waals surface area contributed by atoms with Gasteiger partial charge in [-0.3, -0.25) is 9.69 Å². The van der Waals surface area contributed by atoms with Crippen molar-refractivity contribution < 1.29 is 19.5 Å². The molecule has 0 aromatic heterocycles. The molecule has 0 saturated carbocycles. The summed E-state index contributed by atoms with van der Waals surface area (Å²) >= 11 is 5.04. The highest BCUT2D eigenvalue weighted by molar-refractivity contribution is 7.80. The standard InChI is InChI=1S/C7H13B3N2O4S/c1-9(14)12-4-5(16-10(2)15)3-11(6(8)13)7(12)17/h5,14-15H,3-4H2,1-2H3. The molecule has 1 saturated heterocycles. The molecule has 10 heteroatoms. The Morgan fingerprint density at radius 1 is 1.53 bits per heavy atom. The molecule has 0 aromatic carbocycles. The Morgan fingerprint density at radius 3 is 2.53 bits per heavy atom. The zero-order chi connectivity index (χ0) is 13.2. The first-order valence-electron chi connectivity index (χ1n) is 5.22. The van der Waals surface area contributed by atoms with Crippen molar-refractivity contribution in [2.24, 2.45) is 0 Å². The van der Waals surface area contributed by atoms with Gasteiger partial charge in [-0.05, 0) is 25.9 Å². The van der Waals surface area contributed by atoms with E-state index in [1.165, 1.54) is 18.5 Å². The fraction of sp³-hybridized carbons (Fsp3) is 0.714. The van der Waals surface area contributed by atoms with E-state index in [4.69, 9.17) is 29.7 Å². The van der Waals surface area contributed by atoms with Crippen LogP contribution >= 0.6 is 12.2 Å². The predicted molar refractivity (Wildman–Crippen MR) is 69.7 cm³/mol. The van der Waals surface area contributed by atoms with Crippen molar-refractivity contribution >= 4 is 45.2 Å². The Balaban J connectivity index is 2.81. The Morgan fingerprint density at radius 2 is 2.12 bits per heavy atom. The van der Waals surface area contributed by atoms with Crippen LogP contribution in [0.1, 0.15) is 0 Å². The summed E-state index contributed by atoms with van der Waals surface area (Å²) in [4.78, 5) is 13.7. The molecular formula is C7H13B3N2O4S. The summed E-state index contributed by atoms with van der Waals surface area (Å²) < 4.78 is 5.19. The van der Waals surface area contributed by atoms with Crippen LogP contribution < -0.4 is 0 Å². The van der Waals surface area contributed by atoms with Gasteiger partial charge in [0.15, 0.2) is 10.9 Å². The molecule has 1 atom stereocenters. The average molecular weight is 254 g/mol. The molecular weight excluding hydrogens is 241 g/mol. The van der Waals surface area contributed by atoms with Gasteiger partial charge in [-0.15, -0.1) is 0 Å². The van der Waals surface area contributed by atoms with E-state index in [1.54, 1.807) is 0 Å². The van der Waals surface area contributed by atoms with E-state index in [2.05, 4.69) is 0 Å². The first-order valence-corrected chi connectivity index (χ1v) is 5.63. The minimum atomic E-state index is -0.961. The topological polar surface area (TPSA) is 73.2 Å². The van der Waals surface area contributed by atoms with Crippen molar-refractivity contribution in [3.63, 3.8) is 0 Å². The lowest BCUT2D eigenvalue weighted by Crippen LogP contribution is -2.61. The van der Waals surface area contributed by atoms with Crippen LogP contribution in [0.4, 0.5) is 4.79 Å². The van der Waals surface area contributed by atoms with Crippen LogP contribution in [0.15, 0.2) is 0 Å². The smallest absolute Gasteiger partial charge is 0.432 e. The fourth-order valence-corrected chi connectivity index (χ4v) is 2.04. The van der Waals surface area contributed by atoms with Crippen LogP contribution in [0, 0.1) is 0 Å². The fourth-order valence-electron chi connectivity index (χ4n) is 1.65. The molecule has 2 radical (unpaired) electrons. The van der Waals surface area contributed by atoms with Gasteiger partial charge in [-0.25, -0.2) is 0 Å². The lowest BCUT2D eigenvalue weighted by Gasteiger charge is -2.42. The second-order valence-electron chi connectivity index (χ2n) is 3.87. The molecule has 1 aliphatic rings. The van der Waals surface area contributed by atoms with Crippen molar-refractivity contribution in [1.29, 1.82) is 0 Å². The van der Waals surface area contributed by atoms with Gasteiger partial charge < -0.3 is 19.5 Å². The van der Waals surface area contributed by atoms with Gasteiger partial charge in [0.1, 0.15) is 0 Å². The SMILES string of the molecule is [B]C(=O)N1CC(OB(C)O)CN(B(C)O)C1=S. The number of rotatable bonds is 3. The molecule has 6 nitrogen and oxygen atoms in total. The van der Waals surface area contributed by atoms with Gasteiger partial charge in [0.05, 0.1) is 12.6 Å². The lowest BCUT2D eigenvalue weighted by atomic mass is 9.83. The largest absolute Gasteiger partial charge is 0.451 e. The van der Waals surface area contributed by atoms with E-state index in [0.29, 0.717) is 6.54 Å². The Hall–Kier alpha value is -0.565. The van der Waals surface area contributed by atoms with Crippen molar-refractivity contribution in [3.05, 3.63) is 0 Å². The summed E-state index contributed by atoms with van der Waals surface area (Å²) in [6, 6.07) is 0. The van der Waals surface area contributed by atoms with Gasteiger partial charge in [-0.1, -0.05) is 0 Å². The molecule has 1 unspecified atom stereocenters. The summed E-state index contributed by atoms with van der Waals surface area (Å²) in [5.74, 6) is -0.709. The van der Waals surface area contributed by atoms with Gasteiger partial charge >= 0.3 is 14.2 Å². The lowest BCUT2D eigenvalue weighted by molar-refractivity contribution is 0.114. The van der Waals surface area contributed by atoms with Crippen molar-refractivity contribution in [3.8, 4) is 0 Å². The summed E-state index contributed by atoms with van der Waals surface area (Å²) in [6.45, 7) is 3.46. The predicted octanol–water partition coefficient (Wildman–Crippen LogP) is -1.22. The van der Waals surface area contributed by atoms with Crippen LogP contribution in [0.2, 0.25) is 13.6 Å². The van der Waals surface area contributed by atoms with Crippen LogP contribution in [-0.2, 0) is 4.65 Å². The third kappa shape index (κ3) is 3.70. The molecule has 0 bridgehead atoms. The van der Waals surface area contributed by atoms with E-state index in [9.17, 15) is 9.82 Å². The molecule has 1 amide bonds. The Bertz CT molecular complexity index is 317. The van der Waals surface area contributed by atoms with E-state index in [1.807, 2.05) is 0 Å². The molecule has 1 fully saturated rings. The zero-order valence-corrected chi connectivity index (χ0v) is 10.6. The zero-order valence-electron chi connectivity index (χ0n) is 9.74. The summed E-state index contributed by atoms with van der Waals surface area (Å²) in [5, 5.41) is 18.9. The Labute approximate surface area is 108 Å².